The highest BCUT2D eigenvalue weighted by atomic mass is 31.1. The fourth-order valence-electron chi connectivity index (χ4n) is 3.92. The number of aromatic nitrogens is 2. The van der Waals surface area contributed by atoms with Gasteiger partial charge in [-0.15, -0.1) is 9.19 Å². The molecule has 7 atom stereocenters. The highest BCUT2D eigenvalue weighted by Crippen LogP contribution is 2.43. The lowest BCUT2D eigenvalue weighted by molar-refractivity contribution is -0.133. The number of aromatic hydroxyl groups is 1. The first-order valence-electron chi connectivity index (χ1n) is 11.7. The van der Waals surface area contributed by atoms with E-state index >= 15 is 4.39 Å². The number of hydrogen-bond donors (Lipinski definition) is 4. The zero-order valence-corrected chi connectivity index (χ0v) is 21.7. The molecule has 4 N–H and O–H groups in total. The van der Waals surface area contributed by atoms with Crippen LogP contribution in [0.3, 0.4) is 0 Å². The molecule has 0 amide bonds. The van der Waals surface area contributed by atoms with E-state index in [-0.39, 0.29) is 24.1 Å². The van der Waals surface area contributed by atoms with Crippen molar-refractivity contribution in [3.8, 4) is 5.75 Å². The maximum Gasteiger partial charge on any atom is 0.646 e. The molecule has 0 bridgehead atoms. The van der Waals surface area contributed by atoms with Crippen molar-refractivity contribution in [1.82, 2.24) is 9.55 Å². The number of anilines is 1. The molecule has 7 unspecified atom stereocenters. The van der Waals surface area contributed by atoms with Gasteiger partial charge in [-0.3, -0.25) is 14.3 Å². The normalized spacial score (nSPS) is 25.7. The third-order valence-corrected chi connectivity index (χ3v) is 7.32. The van der Waals surface area contributed by atoms with Crippen LogP contribution in [0.2, 0.25) is 0 Å². The van der Waals surface area contributed by atoms with Gasteiger partial charge in [0.25, 0.3) is 5.56 Å². The van der Waals surface area contributed by atoms with Crippen LogP contribution in [-0.2, 0) is 25.1 Å². The molecule has 1 fully saturated rings. The Labute approximate surface area is 213 Å². The first-order valence-corrected chi connectivity index (χ1v) is 12.8. The molecule has 37 heavy (non-hydrogen) atoms. The Bertz CT molecular complexity index is 1200. The lowest BCUT2D eigenvalue weighted by Gasteiger charge is -2.26. The van der Waals surface area contributed by atoms with E-state index in [1.807, 2.05) is 0 Å². The average Bonchev–Trinajstić information content (AvgIpc) is 3.03. The summed E-state index contributed by atoms with van der Waals surface area (Å²) < 4.78 is 47.3. The van der Waals surface area contributed by atoms with Crippen molar-refractivity contribution in [3.63, 3.8) is 0 Å². The summed E-state index contributed by atoms with van der Waals surface area (Å²) in [4.78, 5) is 25.3. The van der Waals surface area contributed by atoms with Crippen LogP contribution in [0.25, 0.3) is 0 Å². The highest BCUT2D eigenvalue weighted by Gasteiger charge is 2.55. The molecule has 2 heterocycles. The largest absolute Gasteiger partial charge is 0.646 e. The number of nitrogens with zero attached hydrogens (tertiary/aromatic N) is 2. The fraction of sp³-hybridized carbons (Fsp3) is 0.565. The van der Waals surface area contributed by atoms with Crippen LogP contribution in [0.5, 0.6) is 5.75 Å². The zero-order chi connectivity index (χ0) is 27.5. The quantitative estimate of drug-likeness (QED) is 0.240. The van der Waals surface area contributed by atoms with Crippen molar-refractivity contribution in [3.05, 3.63) is 57.4 Å². The monoisotopic (exact) mass is 544 g/mol. The number of para-hydroxylation sites is 2. The van der Waals surface area contributed by atoms with E-state index < -0.39 is 62.3 Å². The number of aromatic amines is 1. The highest BCUT2D eigenvalue weighted by molar-refractivity contribution is 7.41. The van der Waals surface area contributed by atoms with Crippen LogP contribution in [-0.4, -0.2) is 73.9 Å². The molecule has 204 valence electrons. The van der Waals surface area contributed by atoms with Crippen LogP contribution in [0, 0.1) is 0 Å². The van der Waals surface area contributed by atoms with E-state index in [4.69, 9.17) is 14.0 Å². The minimum absolute atomic E-state index is 0.0982. The van der Waals surface area contributed by atoms with E-state index in [0.29, 0.717) is 0 Å². The fourth-order valence-corrected chi connectivity index (χ4v) is 5.07. The number of phenols is 1. The third kappa shape index (κ3) is 6.61. The predicted molar refractivity (Wildman–Crippen MR) is 131 cm³/mol. The second-order valence-electron chi connectivity index (χ2n) is 9.20. The van der Waals surface area contributed by atoms with E-state index in [0.717, 1.165) is 22.2 Å². The van der Waals surface area contributed by atoms with Crippen molar-refractivity contribution in [2.24, 2.45) is 0 Å². The van der Waals surface area contributed by atoms with E-state index in [2.05, 4.69) is 4.98 Å². The van der Waals surface area contributed by atoms with Gasteiger partial charge in [-0.2, -0.15) is 0 Å². The molecule has 0 saturated carbocycles. The number of halogens is 1. The van der Waals surface area contributed by atoms with Gasteiger partial charge in [0.1, 0.15) is 42.4 Å². The van der Waals surface area contributed by atoms with Gasteiger partial charge in [-0.05, 0) is 44.4 Å². The van der Waals surface area contributed by atoms with Gasteiger partial charge in [-0.1, -0.05) is 12.1 Å². The Morgan fingerprint density at radius 2 is 1.95 bits per heavy atom. The van der Waals surface area contributed by atoms with Gasteiger partial charge in [0, 0.05) is 12.3 Å². The summed E-state index contributed by atoms with van der Waals surface area (Å²) in [7, 11) is -2.80. The number of aliphatic hydroxyl groups is 2. The Morgan fingerprint density at radius 3 is 2.57 bits per heavy atom. The Hall–Kier alpha value is -2.67. The molecule has 3 rings (SSSR count). The summed E-state index contributed by atoms with van der Waals surface area (Å²) in [6.07, 6.45) is -4.79. The van der Waals surface area contributed by atoms with Gasteiger partial charge < -0.3 is 24.8 Å². The van der Waals surface area contributed by atoms with Crippen LogP contribution >= 0.6 is 8.18 Å². The van der Waals surface area contributed by atoms with Crippen molar-refractivity contribution in [2.45, 2.75) is 76.7 Å². The number of hydrogen-bond acceptors (Lipinski definition) is 9. The third-order valence-electron chi connectivity index (χ3n) is 6.02. The topological polar surface area (TPSA) is 164 Å². The maximum absolute atomic E-state index is 15.4. The molecule has 1 aromatic carbocycles. The summed E-state index contributed by atoms with van der Waals surface area (Å²) in [5, 5.41) is 31.4. The molecule has 1 aromatic heterocycles. The lowest BCUT2D eigenvalue weighted by atomic mass is 9.95. The van der Waals surface area contributed by atoms with Gasteiger partial charge in [0.15, 0.2) is 12.0 Å². The summed E-state index contributed by atoms with van der Waals surface area (Å²) in [5.41, 5.74) is -3.58. The number of aliphatic hydroxyl groups excluding tert-OH is 2. The second-order valence-corrected chi connectivity index (χ2v) is 10.4. The van der Waals surface area contributed by atoms with Crippen molar-refractivity contribution < 1.29 is 38.3 Å². The number of alkyl halides is 1. The van der Waals surface area contributed by atoms with E-state index in [1.165, 1.54) is 25.3 Å². The number of H-pyrrole nitrogens is 1. The molecule has 14 heteroatoms. The molecule has 0 spiro atoms. The predicted octanol–water partition coefficient (Wildman–Crippen LogP) is 1.41. The van der Waals surface area contributed by atoms with Crippen molar-refractivity contribution >= 4 is 13.9 Å². The maximum atomic E-state index is 15.4. The molecule has 0 aliphatic carbocycles. The molecular formula is C23H32FN3O9P+. The summed E-state index contributed by atoms with van der Waals surface area (Å²) in [6.45, 7) is 5.23. The Morgan fingerprint density at radius 1 is 1.27 bits per heavy atom. The van der Waals surface area contributed by atoms with Crippen LogP contribution in [0.15, 0.2) is 46.1 Å². The molecule has 1 aliphatic heterocycles. The second kappa shape index (κ2) is 11.8. The zero-order valence-electron chi connectivity index (χ0n) is 20.9. The minimum Gasteiger partial charge on any atom is -0.506 e. The molecule has 12 nitrogen and oxygen atoms in total. The Kier molecular flexibility index (Phi) is 9.22. The van der Waals surface area contributed by atoms with Crippen LogP contribution in [0.4, 0.5) is 10.1 Å². The van der Waals surface area contributed by atoms with E-state index in [9.17, 15) is 29.5 Å². The Balaban J connectivity index is 1.76. The smallest absolute Gasteiger partial charge is 0.506 e. The van der Waals surface area contributed by atoms with Crippen molar-refractivity contribution in [1.29, 1.82) is 0 Å². The summed E-state index contributed by atoms with van der Waals surface area (Å²) >= 11 is 0. The number of benzene rings is 1. The minimum atomic E-state index is -2.80. The SMILES string of the molecule is CC(C)OC(O)C(C)N(c1ccccc1O)[P+](=O)OCC1OC(Cn2ccc(=O)[nH]c2=O)C(C)(F)C1O. The van der Waals surface area contributed by atoms with Gasteiger partial charge in [0.05, 0.1) is 12.6 Å². The standard InChI is InChI=1S/C23H31FN3O9P/c1-13(2)35-21(31)14(3)27(15-7-5-6-8-16(15)28)37(33)34-12-17-20(30)23(4,24)18(36-17)11-26-10-9-19(29)25-22(26)32/h5-10,13-14,17-18,20-21,30-31H,11-12H2,1-4H3,(H-,25,28,29,32)/p+1. The van der Waals surface area contributed by atoms with Crippen LogP contribution < -0.4 is 15.9 Å². The molecule has 1 aliphatic rings. The van der Waals surface area contributed by atoms with Gasteiger partial charge in [-0.25, -0.2) is 9.18 Å². The summed E-state index contributed by atoms with van der Waals surface area (Å²) in [6, 6.07) is 6.15. The first-order chi connectivity index (χ1) is 17.3. The average molecular weight is 544 g/mol. The number of ether oxygens (including phenoxy) is 2. The lowest BCUT2D eigenvalue weighted by Crippen LogP contribution is -2.45. The number of phenolic OH excluding ortho intramolecular Hbond substituents is 1. The van der Waals surface area contributed by atoms with E-state index in [1.54, 1.807) is 26.0 Å². The first kappa shape index (κ1) is 28.9. The molecule has 1 saturated heterocycles. The number of nitrogens with one attached hydrogen (secondary N) is 1. The molecule has 2 aromatic rings. The van der Waals surface area contributed by atoms with Gasteiger partial charge >= 0.3 is 13.9 Å². The van der Waals surface area contributed by atoms with Crippen molar-refractivity contribution in [2.75, 3.05) is 11.3 Å². The summed E-state index contributed by atoms with van der Waals surface area (Å²) in [5.74, 6) is -0.224. The number of rotatable bonds is 11. The van der Waals surface area contributed by atoms with Crippen LogP contribution in [0.1, 0.15) is 27.7 Å². The molecular weight excluding hydrogens is 512 g/mol. The van der Waals surface area contributed by atoms with Gasteiger partial charge in [0.2, 0.25) is 0 Å². The molecule has 0 radical (unpaired) electrons.